The predicted octanol–water partition coefficient (Wildman–Crippen LogP) is 5.01. The molecule has 2 aliphatic heterocycles. The lowest BCUT2D eigenvalue weighted by atomic mass is 10.1. The number of rotatable bonds is 5. The molecule has 8 heteroatoms. The Kier molecular flexibility index (Phi) is 5.53. The van der Waals surface area contributed by atoms with Gasteiger partial charge in [-0.3, -0.25) is 4.79 Å². The van der Waals surface area contributed by atoms with E-state index in [0.717, 1.165) is 52.8 Å². The van der Waals surface area contributed by atoms with E-state index in [1.54, 1.807) is 11.3 Å². The lowest BCUT2D eigenvalue weighted by molar-refractivity contribution is 0.0695. The second-order valence-corrected chi connectivity index (χ2v) is 10.2. The van der Waals surface area contributed by atoms with Crippen molar-refractivity contribution in [2.24, 2.45) is 0 Å². The fourth-order valence-electron chi connectivity index (χ4n) is 5.04. The second kappa shape index (κ2) is 8.85. The topological polar surface area (TPSA) is 78.7 Å². The van der Waals surface area contributed by atoms with Crippen molar-refractivity contribution in [3.8, 4) is 16.9 Å². The van der Waals surface area contributed by atoms with Crippen LogP contribution >= 0.6 is 11.3 Å². The fraction of sp³-hybridized carbons (Fsp3) is 0.296. The molecule has 0 atom stereocenters. The number of carbonyl (C=O) groups is 1. The van der Waals surface area contributed by atoms with Crippen molar-refractivity contribution >= 4 is 38.3 Å². The number of fused-ring (bicyclic) bond motifs is 1. The summed E-state index contributed by atoms with van der Waals surface area (Å²) in [5.41, 5.74) is 3.68. The highest BCUT2D eigenvalue weighted by Crippen LogP contribution is 2.33. The van der Waals surface area contributed by atoms with E-state index >= 15 is 0 Å². The monoisotopic (exact) mass is 486 g/mol. The molecule has 178 valence electrons. The standard InChI is InChI=1S/C27H26N4O3S/c32-24-16-23(18-5-7-19(8-6-18)29-11-1-2-12-29)31(17-21(24)26(33)34)20-9-10-22-25(15-20)35-27(28-22)30-13-3-4-14-30/h5-10,15-17H,1-4,11-14H2,(H,33,34). The fourth-order valence-corrected chi connectivity index (χ4v) is 6.09. The van der Waals surface area contributed by atoms with Crippen LogP contribution in [0.5, 0.6) is 0 Å². The van der Waals surface area contributed by atoms with Crippen LogP contribution in [0.1, 0.15) is 36.0 Å². The molecule has 0 amide bonds. The van der Waals surface area contributed by atoms with Gasteiger partial charge < -0.3 is 19.5 Å². The molecule has 1 N–H and O–H groups in total. The number of carboxylic acids is 1. The predicted molar refractivity (Wildman–Crippen MR) is 141 cm³/mol. The van der Waals surface area contributed by atoms with Gasteiger partial charge in [0.2, 0.25) is 0 Å². The van der Waals surface area contributed by atoms with E-state index in [9.17, 15) is 14.7 Å². The minimum Gasteiger partial charge on any atom is -0.477 e. The van der Waals surface area contributed by atoms with Gasteiger partial charge >= 0.3 is 5.97 Å². The number of aromatic carboxylic acids is 1. The Bertz CT molecular complexity index is 1460. The molecule has 4 aromatic rings. The van der Waals surface area contributed by atoms with Crippen LogP contribution in [0.25, 0.3) is 27.2 Å². The number of thiazole rings is 1. The number of anilines is 2. The third kappa shape index (κ3) is 4.08. The summed E-state index contributed by atoms with van der Waals surface area (Å²) in [6, 6.07) is 15.6. The van der Waals surface area contributed by atoms with Gasteiger partial charge in [-0.15, -0.1) is 0 Å². The normalized spacial score (nSPS) is 15.9. The first-order valence-electron chi connectivity index (χ1n) is 12.1. The minimum absolute atomic E-state index is 0.246. The minimum atomic E-state index is -1.23. The molecule has 4 heterocycles. The Balaban J connectivity index is 1.44. The number of benzene rings is 2. The van der Waals surface area contributed by atoms with Gasteiger partial charge in [0.15, 0.2) is 10.6 Å². The highest BCUT2D eigenvalue weighted by atomic mass is 32.1. The molecule has 0 radical (unpaired) electrons. The average molecular weight is 487 g/mol. The van der Waals surface area contributed by atoms with Crippen LogP contribution in [-0.4, -0.2) is 46.8 Å². The highest BCUT2D eigenvalue weighted by molar-refractivity contribution is 7.22. The molecule has 2 fully saturated rings. The summed E-state index contributed by atoms with van der Waals surface area (Å²) in [5.74, 6) is -1.23. The SMILES string of the molecule is O=C(O)c1cn(-c2ccc3nc(N4CCCC4)sc3c2)c(-c2ccc(N3CCCC3)cc2)cc1=O. The summed E-state index contributed by atoms with van der Waals surface area (Å²) in [7, 11) is 0. The third-order valence-corrected chi connectivity index (χ3v) is 8.01. The van der Waals surface area contributed by atoms with Crippen LogP contribution in [-0.2, 0) is 0 Å². The van der Waals surface area contributed by atoms with Crippen molar-refractivity contribution in [1.82, 2.24) is 9.55 Å². The van der Waals surface area contributed by atoms with Crippen molar-refractivity contribution < 1.29 is 9.90 Å². The molecule has 2 aromatic heterocycles. The Labute approximate surface area is 206 Å². The van der Waals surface area contributed by atoms with E-state index in [1.165, 1.54) is 43.6 Å². The molecule has 2 aliphatic rings. The molecule has 35 heavy (non-hydrogen) atoms. The Morgan fingerprint density at radius 2 is 1.51 bits per heavy atom. The summed E-state index contributed by atoms with van der Waals surface area (Å²) in [6.07, 6.45) is 6.24. The summed E-state index contributed by atoms with van der Waals surface area (Å²) >= 11 is 1.65. The van der Waals surface area contributed by atoms with E-state index in [1.807, 2.05) is 34.9 Å². The molecule has 2 saturated heterocycles. The first-order chi connectivity index (χ1) is 17.1. The quantitative estimate of drug-likeness (QED) is 0.427. The molecule has 0 spiro atoms. The van der Waals surface area contributed by atoms with Crippen LogP contribution in [0, 0.1) is 0 Å². The van der Waals surface area contributed by atoms with Crippen LogP contribution in [0.2, 0.25) is 0 Å². The lowest BCUT2D eigenvalue weighted by Gasteiger charge is -2.19. The van der Waals surface area contributed by atoms with E-state index in [2.05, 4.69) is 21.9 Å². The average Bonchev–Trinajstić information content (AvgIpc) is 3.65. The van der Waals surface area contributed by atoms with Crippen molar-refractivity contribution in [3.63, 3.8) is 0 Å². The molecule has 7 nitrogen and oxygen atoms in total. The number of hydrogen-bond acceptors (Lipinski definition) is 6. The molecule has 6 rings (SSSR count). The Hall–Kier alpha value is -3.65. The number of carboxylic acid groups (broad SMARTS) is 1. The number of aromatic nitrogens is 2. The van der Waals surface area contributed by atoms with E-state index in [-0.39, 0.29) is 5.56 Å². The van der Waals surface area contributed by atoms with Crippen LogP contribution in [0.15, 0.2) is 59.5 Å². The van der Waals surface area contributed by atoms with Crippen LogP contribution < -0.4 is 15.2 Å². The maximum atomic E-state index is 12.7. The first kappa shape index (κ1) is 21.9. The molecule has 0 bridgehead atoms. The maximum Gasteiger partial charge on any atom is 0.341 e. The summed E-state index contributed by atoms with van der Waals surface area (Å²) < 4.78 is 2.85. The molecule has 0 saturated carbocycles. The molecular weight excluding hydrogens is 460 g/mol. The highest BCUT2D eigenvalue weighted by Gasteiger charge is 2.19. The molecule has 0 aliphatic carbocycles. The van der Waals surface area contributed by atoms with Crippen molar-refractivity contribution in [1.29, 1.82) is 0 Å². The Morgan fingerprint density at radius 3 is 2.20 bits per heavy atom. The van der Waals surface area contributed by atoms with Gasteiger partial charge in [0.05, 0.1) is 15.9 Å². The van der Waals surface area contributed by atoms with Crippen molar-refractivity contribution in [2.75, 3.05) is 36.0 Å². The third-order valence-electron chi connectivity index (χ3n) is 6.93. The van der Waals surface area contributed by atoms with E-state index in [4.69, 9.17) is 4.98 Å². The molecule has 0 unspecified atom stereocenters. The number of nitrogens with zero attached hydrogens (tertiary/aromatic N) is 4. The largest absolute Gasteiger partial charge is 0.477 e. The zero-order chi connectivity index (χ0) is 23.9. The van der Waals surface area contributed by atoms with Crippen molar-refractivity contribution in [2.45, 2.75) is 25.7 Å². The van der Waals surface area contributed by atoms with Gasteiger partial charge in [0, 0.05) is 49.8 Å². The number of pyridine rings is 1. The van der Waals surface area contributed by atoms with Gasteiger partial charge in [-0.2, -0.15) is 0 Å². The maximum absolute atomic E-state index is 12.7. The summed E-state index contributed by atoms with van der Waals surface area (Å²) in [5, 5.41) is 10.6. The van der Waals surface area contributed by atoms with Crippen LogP contribution in [0.4, 0.5) is 10.8 Å². The van der Waals surface area contributed by atoms with Gasteiger partial charge in [0.1, 0.15) is 5.56 Å². The van der Waals surface area contributed by atoms with E-state index in [0.29, 0.717) is 5.69 Å². The van der Waals surface area contributed by atoms with Crippen LogP contribution in [0.3, 0.4) is 0 Å². The van der Waals surface area contributed by atoms with E-state index < -0.39 is 11.4 Å². The Morgan fingerprint density at radius 1 is 0.857 bits per heavy atom. The second-order valence-electron chi connectivity index (χ2n) is 9.20. The smallest absolute Gasteiger partial charge is 0.341 e. The molecular formula is C27H26N4O3S. The summed E-state index contributed by atoms with van der Waals surface area (Å²) in [6.45, 7) is 4.19. The number of hydrogen-bond donors (Lipinski definition) is 1. The van der Waals surface area contributed by atoms with Gasteiger partial charge in [-0.25, -0.2) is 9.78 Å². The zero-order valence-electron chi connectivity index (χ0n) is 19.3. The van der Waals surface area contributed by atoms with Gasteiger partial charge in [0.25, 0.3) is 0 Å². The van der Waals surface area contributed by atoms with Crippen molar-refractivity contribution in [3.05, 3.63) is 70.5 Å². The van der Waals surface area contributed by atoms with Gasteiger partial charge in [-0.1, -0.05) is 23.5 Å². The first-order valence-corrected chi connectivity index (χ1v) is 12.9. The zero-order valence-corrected chi connectivity index (χ0v) is 20.1. The lowest BCUT2D eigenvalue weighted by Crippen LogP contribution is -2.18. The molecule has 2 aromatic carbocycles. The van der Waals surface area contributed by atoms with Gasteiger partial charge in [-0.05, 0) is 61.6 Å². The summed E-state index contributed by atoms with van der Waals surface area (Å²) in [4.78, 5) is 33.9.